The molecule has 0 aliphatic rings. The molecular weight excluding hydrogens is 366 g/mol. The molecule has 1 aromatic heterocycles. The summed E-state index contributed by atoms with van der Waals surface area (Å²) in [5.74, 6) is -0.887. The standard InChI is InChI=1S/C23H23N3O3/c1-17(21(27)24-15-18-9-4-2-5-10-18)25-22(28)20-13-8-14-26(23(20)29)16-19-11-6-3-7-12-19/h2-14,17H,15-16H2,1H3,(H,24,27)(H,25,28). The van der Waals surface area contributed by atoms with Gasteiger partial charge in [-0.2, -0.15) is 0 Å². The van der Waals surface area contributed by atoms with E-state index in [1.165, 1.54) is 10.6 Å². The Balaban J connectivity index is 1.63. The minimum absolute atomic E-state index is 0.00569. The van der Waals surface area contributed by atoms with Crippen LogP contribution in [0.15, 0.2) is 83.8 Å². The fourth-order valence-electron chi connectivity index (χ4n) is 2.89. The summed E-state index contributed by atoms with van der Waals surface area (Å²) >= 11 is 0. The Kier molecular flexibility index (Phi) is 6.58. The molecule has 0 radical (unpaired) electrons. The molecule has 0 saturated heterocycles. The van der Waals surface area contributed by atoms with Gasteiger partial charge in [-0.25, -0.2) is 0 Å². The first-order chi connectivity index (χ1) is 14.0. The molecule has 29 heavy (non-hydrogen) atoms. The molecule has 1 heterocycles. The van der Waals surface area contributed by atoms with E-state index in [9.17, 15) is 14.4 Å². The summed E-state index contributed by atoms with van der Waals surface area (Å²) in [6.07, 6.45) is 1.64. The van der Waals surface area contributed by atoms with E-state index in [0.717, 1.165) is 11.1 Å². The second-order valence-electron chi connectivity index (χ2n) is 6.74. The van der Waals surface area contributed by atoms with Gasteiger partial charge < -0.3 is 15.2 Å². The first-order valence-corrected chi connectivity index (χ1v) is 9.40. The average molecular weight is 389 g/mol. The Morgan fingerprint density at radius 3 is 2.17 bits per heavy atom. The van der Waals surface area contributed by atoms with Gasteiger partial charge in [0.25, 0.3) is 11.5 Å². The summed E-state index contributed by atoms with van der Waals surface area (Å²) in [5, 5.41) is 5.38. The van der Waals surface area contributed by atoms with E-state index in [0.29, 0.717) is 13.1 Å². The van der Waals surface area contributed by atoms with Crippen molar-refractivity contribution in [2.45, 2.75) is 26.1 Å². The van der Waals surface area contributed by atoms with Crippen LogP contribution in [0.5, 0.6) is 0 Å². The van der Waals surface area contributed by atoms with Crippen LogP contribution in [0.2, 0.25) is 0 Å². The molecule has 0 bridgehead atoms. The maximum Gasteiger partial charge on any atom is 0.263 e. The van der Waals surface area contributed by atoms with Crippen molar-refractivity contribution in [1.29, 1.82) is 0 Å². The lowest BCUT2D eigenvalue weighted by atomic mass is 10.2. The minimum Gasteiger partial charge on any atom is -0.350 e. The minimum atomic E-state index is -0.770. The smallest absolute Gasteiger partial charge is 0.263 e. The Hall–Kier alpha value is -3.67. The summed E-state index contributed by atoms with van der Waals surface area (Å²) in [7, 11) is 0. The van der Waals surface area contributed by atoms with Gasteiger partial charge in [0.05, 0.1) is 6.54 Å². The van der Waals surface area contributed by atoms with Gasteiger partial charge >= 0.3 is 0 Å². The first kappa shape index (κ1) is 20.1. The number of nitrogens with zero attached hydrogens (tertiary/aromatic N) is 1. The maximum absolute atomic E-state index is 12.7. The van der Waals surface area contributed by atoms with Crippen LogP contribution in [0.3, 0.4) is 0 Å². The third kappa shape index (κ3) is 5.42. The lowest BCUT2D eigenvalue weighted by Gasteiger charge is -2.15. The van der Waals surface area contributed by atoms with Crippen molar-refractivity contribution in [2.24, 2.45) is 0 Å². The zero-order chi connectivity index (χ0) is 20.6. The van der Waals surface area contributed by atoms with E-state index in [1.54, 1.807) is 19.2 Å². The number of pyridine rings is 1. The predicted octanol–water partition coefficient (Wildman–Crippen LogP) is 2.33. The van der Waals surface area contributed by atoms with Crippen molar-refractivity contribution in [2.75, 3.05) is 0 Å². The van der Waals surface area contributed by atoms with E-state index < -0.39 is 17.5 Å². The number of rotatable bonds is 7. The molecule has 2 N–H and O–H groups in total. The topological polar surface area (TPSA) is 80.2 Å². The van der Waals surface area contributed by atoms with Gasteiger partial charge in [0, 0.05) is 12.7 Å². The number of amides is 2. The average Bonchev–Trinajstić information content (AvgIpc) is 2.75. The fourth-order valence-corrected chi connectivity index (χ4v) is 2.89. The van der Waals surface area contributed by atoms with Crippen molar-refractivity contribution in [3.05, 3.63) is 106 Å². The summed E-state index contributed by atoms with van der Waals surface area (Å²) in [4.78, 5) is 37.5. The number of benzene rings is 2. The number of aromatic nitrogens is 1. The van der Waals surface area contributed by atoms with Crippen LogP contribution in [0, 0.1) is 0 Å². The lowest BCUT2D eigenvalue weighted by molar-refractivity contribution is -0.122. The third-order valence-corrected chi connectivity index (χ3v) is 4.51. The van der Waals surface area contributed by atoms with Crippen LogP contribution >= 0.6 is 0 Å². The molecule has 1 atom stereocenters. The molecule has 0 spiro atoms. The largest absolute Gasteiger partial charge is 0.350 e. The summed E-state index contributed by atoms with van der Waals surface area (Å²) in [6, 6.07) is 21.4. The van der Waals surface area contributed by atoms with Gasteiger partial charge in [-0.05, 0) is 30.2 Å². The highest BCUT2D eigenvalue weighted by Crippen LogP contribution is 2.02. The quantitative estimate of drug-likeness (QED) is 0.651. The van der Waals surface area contributed by atoms with E-state index in [-0.39, 0.29) is 11.5 Å². The molecule has 0 aliphatic carbocycles. The molecule has 0 aliphatic heterocycles. The van der Waals surface area contributed by atoms with Gasteiger partial charge in [0.15, 0.2) is 0 Å². The van der Waals surface area contributed by atoms with E-state index in [1.807, 2.05) is 60.7 Å². The van der Waals surface area contributed by atoms with E-state index in [4.69, 9.17) is 0 Å². The number of carbonyl (C=O) groups is 2. The molecule has 6 heteroatoms. The zero-order valence-electron chi connectivity index (χ0n) is 16.2. The van der Waals surface area contributed by atoms with Crippen LogP contribution in [0.4, 0.5) is 0 Å². The molecular formula is C23H23N3O3. The number of nitrogens with one attached hydrogen (secondary N) is 2. The zero-order valence-corrected chi connectivity index (χ0v) is 16.2. The van der Waals surface area contributed by atoms with Gasteiger partial charge in [0.2, 0.25) is 5.91 Å². The van der Waals surface area contributed by atoms with Crippen molar-refractivity contribution in [3.8, 4) is 0 Å². The molecule has 1 unspecified atom stereocenters. The molecule has 0 fully saturated rings. The van der Waals surface area contributed by atoms with Crippen LogP contribution in [0.1, 0.15) is 28.4 Å². The molecule has 6 nitrogen and oxygen atoms in total. The van der Waals surface area contributed by atoms with Crippen LogP contribution in [-0.2, 0) is 17.9 Å². The number of hydrogen-bond donors (Lipinski definition) is 2. The molecule has 3 aromatic rings. The molecule has 0 saturated carbocycles. The summed E-state index contributed by atoms with van der Waals surface area (Å²) < 4.78 is 1.48. The van der Waals surface area contributed by atoms with Crippen molar-refractivity contribution in [3.63, 3.8) is 0 Å². The summed E-state index contributed by atoms with van der Waals surface area (Å²) in [6.45, 7) is 2.33. The van der Waals surface area contributed by atoms with Gasteiger partial charge in [0.1, 0.15) is 11.6 Å². The highest BCUT2D eigenvalue weighted by atomic mass is 16.2. The van der Waals surface area contributed by atoms with Crippen LogP contribution in [-0.4, -0.2) is 22.4 Å². The van der Waals surface area contributed by atoms with Crippen molar-refractivity contribution in [1.82, 2.24) is 15.2 Å². The Morgan fingerprint density at radius 2 is 1.52 bits per heavy atom. The molecule has 148 valence electrons. The second kappa shape index (κ2) is 9.50. The van der Waals surface area contributed by atoms with Crippen LogP contribution < -0.4 is 16.2 Å². The third-order valence-electron chi connectivity index (χ3n) is 4.51. The molecule has 2 amide bonds. The maximum atomic E-state index is 12.7. The summed E-state index contributed by atoms with van der Waals surface area (Å²) in [5.41, 5.74) is 1.53. The highest BCUT2D eigenvalue weighted by molar-refractivity contribution is 5.97. The number of hydrogen-bond acceptors (Lipinski definition) is 3. The van der Waals surface area contributed by atoms with Gasteiger partial charge in [-0.3, -0.25) is 14.4 Å². The number of carbonyl (C=O) groups excluding carboxylic acids is 2. The Morgan fingerprint density at radius 1 is 0.897 bits per heavy atom. The SMILES string of the molecule is CC(NC(=O)c1cccn(Cc2ccccc2)c1=O)C(=O)NCc1ccccc1. The monoisotopic (exact) mass is 389 g/mol. The lowest BCUT2D eigenvalue weighted by Crippen LogP contribution is -2.46. The van der Waals surface area contributed by atoms with Gasteiger partial charge in [-0.15, -0.1) is 0 Å². The van der Waals surface area contributed by atoms with E-state index in [2.05, 4.69) is 10.6 Å². The normalized spacial score (nSPS) is 11.5. The van der Waals surface area contributed by atoms with Crippen molar-refractivity contribution >= 4 is 11.8 Å². The Bertz CT molecular complexity index is 1030. The van der Waals surface area contributed by atoms with Crippen LogP contribution in [0.25, 0.3) is 0 Å². The predicted molar refractivity (Wildman–Crippen MR) is 111 cm³/mol. The van der Waals surface area contributed by atoms with E-state index >= 15 is 0 Å². The van der Waals surface area contributed by atoms with Crippen molar-refractivity contribution < 1.29 is 9.59 Å². The second-order valence-corrected chi connectivity index (χ2v) is 6.74. The molecule has 3 rings (SSSR count). The fraction of sp³-hybridized carbons (Fsp3) is 0.174. The Labute approximate surface area is 169 Å². The highest BCUT2D eigenvalue weighted by Gasteiger charge is 2.19. The van der Waals surface area contributed by atoms with Gasteiger partial charge in [-0.1, -0.05) is 60.7 Å². The molecule has 2 aromatic carbocycles. The first-order valence-electron chi connectivity index (χ1n) is 9.40.